The molecular weight excluding hydrogens is 306 g/mol. The van der Waals surface area contributed by atoms with Gasteiger partial charge in [-0.2, -0.15) is 0 Å². The number of aryl methyl sites for hydroxylation is 1. The van der Waals surface area contributed by atoms with Crippen molar-refractivity contribution in [2.75, 3.05) is 18.4 Å². The molecule has 0 radical (unpaired) electrons. The van der Waals surface area contributed by atoms with Crippen LogP contribution in [0.15, 0.2) is 40.9 Å². The first-order valence-electron chi connectivity index (χ1n) is 7.67. The molecule has 0 bridgehead atoms. The molecule has 0 atom stereocenters. The van der Waals surface area contributed by atoms with Gasteiger partial charge in [0, 0.05) is 18.2 Å². The molecule has 0 aliphatic rings. The van der Waals surface area contributed by atoms with E-state index in [1.807, 2.05) is 37.3 Å². The van der Waals surface area contributed by atoms with Gasteiger partial charge in [0.05, 0.1) is 6.54 Å². The maximum absolute atomic E-state index is 12.3. The first kappa shape index (κ1) is 17.3. The fourth-order valence-electron chi connectivity index (χ4n) is 2.02. The van der Waals surface area contributed by atoms with Crippen LogP contribution in [0.2, 0.25) is 0 Å². The summed E-state index contributed by atoms with van der Waals surface area (Å²) in [4.78, 5) is 25.7. The maximum atomic E-state index is 12.3. The first-order chi connectivity index (χ1) is 11.6. The van der Waals surface area contributed by atoms with Crippen molar-refractivity contribution in [3.8, 4) is 11.8 Å². The number of carbonyl (C=O) groups is 2. The Kier molecular flexibility index (Phi) is 6.15. The molecule has 2 rings (SSSR count). The number of aromatic nitrogens is 1. The Labute approximate surface area is 140 Å². The van der Waals surface area contributed by atoms with Crippen molar-refractivity contribution < 1.29 is 14.1 Å². The molecule has 0 saturated carbocycles. The van der Waals surface area contributed by atoms with Gasteiger partial charge in [-0.15, -0.1) is 0 Å². The Balaban J connectivity index is 1.99. The molecule has 0 unspecified atom stereocenters. The maximum Gasteiger partial charge on any atom is 0.315 e. The summed E-state index contributed by atoms with van der Waals surface area (Å²) in [5.41, 5.74) is 0.865. The van der Waals surface area contributed by atoms with Gasteiger partial charge in [0.25, 0.3) is 0 Å². The van der Waals surface area contributed by atoms with Crippen LogP contribution in [0, 0.1) is 18.8 Å². The highest BCUT2D eigenvalue weighted by Gasteiger charge is 2.21. The summed E-state index contributed by atoms with van der Waals surface area (Å²) in [6, 6.07) is 11.0. The van der Waals surface area contributed by atoms with Crippen LogP contribution in [0.3, 0.4) is 0 Å². The van der Waals surface area contributed by atoms with Gasteiger partial charge in [-0.3, -0.25) is 14.9 Å². The molecule has 0 saturated heterocycles. The van der Waals surface area contributed by atoms with E-state index in [2.05, 4.69) is 22.3 Å². The van der Waals surface area contributed by atoms with Gasteiger partial charge >= 0.3 is 11.8 Å². The normalized spacial score (nSPS) is 9.75. The molecule has 0 fully saturated rings. The lowest BCUT2D eigenvalue weighted by molar-refractivity contribution is -0.142. The van der Waals surface area contributed by atoms with Gasteiger partial charge < -0.3 is 9.42 Å². The Morgan fingerprint density at radius 3 is 2.67 bits per heavy atom. The molecule has 2 aromatic rings. The first-order valence-corrected chi connectivity index (χ1v) is 7.67. The van der Waals surface area contributed by atoms with Gasteiger partial charge in [0.1, 0.15) is 5.76 Å². The molecule has 1 N–H and O–H groups in total. The highest BCUT2D eigenvalue weighted by molar-refractivity contribution is 6.39. The van der Waals surface area contributed by atoms with Crippen LogP contribution in [-0.2, 0) is 9.59 Å². The zero-order valence-corrected chi connectivity index (χ0v) is 13.7. The molecule has 6 heteroatoms. The third kappa shape index (κ3) is 4.99. The van der Waals surface area contributed by atoms with E-state index >= 15 is 0 Å². The van der Waals surface area contributed by atoms with Crippen molar-refractivity contribution in [3.63, 3.8) is 0 Å². The largest absolute Gasteiger partial charge is 0.360 e. The summed E-state index contributed by atoms with van der Waals surface area (Å²) in [6.45, 7) is 4.28. The van der Waals surface area contributed by atoms with Gasteiger partial charge in [0.2, 0.25) is 0 Å². The predicted molar refractivity (Wildman–Crippen MR) is 90.1 cm³/mol. The fourth-order valence-corrected chi connectivity index (χ4v) is 2.02. The number of rotatable bonds is 4. The molecule has 2 amide bonds. The van der Waals surface area contributed by atoms with Crippen molar-refractivity contribution in [1.82, 2.24) is 10.1 Å². The zero-order chi connectivity index (χ0) is 17.4. The quantitative estimate of drug-likeness (QED) is 0.691. The highest BCUT2D eigenvalue weighted by Crippen LogP contribution is 2.07. The van der Waals surface area contributed by atoms with Crippen LogP contribution < -0.4 is 5.32 Å². The van der Waals surface area contributed by atoms with Crippen molar-refractivity contribution in [3.05, 3.63) is 47.7 Å². The van der Waals surface area contributed by atoms with Crippen LogP contribution >= 0.6 is 0 Å². The number of anilines is 1. The van der Waals surface area contributed by atoms with Crippen molar-refractivity contribution in [2.24, 2.45) is 0 Å². The molecule has 1 aromatic carbocycles. The topological polar surface area (TPSA) is 75.4 Å². The number of hydrogen-bond donors (Lipinski definition) is 1. The van der Waals surface area contributed by atoms with Crippen molar-refractivity contribution in [1.29, 1.82) is 0 Å². The van der Waals surface area contributed by atoms with Crippen LogP contribution in [-0.4, -0.2) is 35.0 Å². The van der Waals surface area contributed by atoms with E-state index in [4.69, 9.17) is 4.52 Å². The predicted octanol–water partition coefficient (Wildman–Crippen LogP) is 2.21. The molecule has 0 aliphatic heterocycles. The molecule has 0 aliphatic carbocycles. The summed E-state index contributed by atoms with van der Waals surface area (Å²) >= 11 is 0. The molecule has 124 valence electrons. The second-order valence-electron chi connectivity index (χ2n) is 5.17. The number of benzene rings is 1. The summed E-state index contributed by atoms with van der Waals surface area (Å²) in [6.07, 6.45) is 0.731. The monoisotopic (exact) mass is 325 g/mol. The Morgan fingerprint density at radius 1 is 1.29 bits per heavy atom. The average Bonchev–Trinajstić information content (AvgIpc) is 2.99. The van der Waals surface area contributed by atoms with Crippen LogP contribution in [0.25, 0.3) is 0 Å². The summed E-state index contributed by atoms with van der Waals surface area (Å²) in [5, 5.41) is 6.07. The number of amides is 2. The second kappa shape index (κ2) is 8.53. The minimum absolute atomic E-state index is 0.187. The molecule has 1 heterocycles. The third-order valence-electron chi connectivity index (χ3n) is 3.12. The second-order valence-corrected chi connectivity index (χ2v) is 5.17. The minimum atomic E-state index is -0.752. The van der Waals surface area contributed by atoms with Crippen LogP contribution in [0.1, 0.15) is 24.7 Å². The van der Waals surface area contributed by atoms with E-state index < -0.39 is 11.8 Å². The molecule has 24 heavy (non-hydrogen) atoms. The number of nitrogens with one attached hydrogen (secondary N) is 1. The highest BCUT2D eigenvalue weighted by atomic mass is 16.5. The molecular formula is C18H19N3O3. The van der Waals surface area contributed by atoms with Crippen LogP contribution in [0.5, 0.6) is 0 Å². The number of carbonyl (C=O) groups excluding carboxylic acids is 2. The summed E-state index contributed by atoms with van der Waals surface area (Å²) in [7, 11) is 0. The summed E-state index contributed by atoms with van der Waals surface area (Å²) in [5.74, 6) is 5.29. The van der Waals surface area contributed by atoms with E-state index in [1.54, 1.807) is 13.0 Å². The lowest BCUT2D eigenvalue weighted by atomic mass is 10.2. The van der Waals surface area contributed by atoms with E-state index in [-0.39, 0.29) is 12.4 Å². The van der Waals surface area contributed by atoms with E-state index in [1.165, 1.54) is 4.90 Å². The number of hydrogen-bond acceptors (Lipinski definition) is 4. The van der Waals surface area contributed by atoms with Gasteiger partial charge in [-0.05, 0) is 25.5 Å². The van der Waals surface area contributed by atoms with E-state index in [9.17, 15) is 9.59 Å². The smallest absolute Gasteiger partial charge is 0.315 e. The van der Waals surface area contributed by atoms with Crippen molar-refractivity contribution in [2.45, 2.75) is 20.3 Å². The standard InChI is InChI=1S/C18H19N3O3/c1-3-11-21(12-7-10-15-8-5-4-6-9-15)18(23)17(22)19-16-13-14(2)24-20-16/h4-6,8-9,13H,3,11-12H2,1-2H3,(H,19,20,22). The fraction of sp³-hybridized carbons (Fsp3) is 0.278. The summed E-state index contributed by atoms with van der Waals surface area (Å²) < 4.78 is 4.86. The lowest BCUT2D eigenvalue weighted by Gasteiger charge is -2.18. The Bertz CT molecular complexity index is 757. The Morgan fingerprint density at radius 2 is 2.04 bits per heavy atom. The average molecular weight is 325 g/mol. The van der Waals surface area contributed by atoms with Gasteiger partial charge in [0.15, 0.2) is 5.82 Å². The molecule has 0 spiro atoms. The SMILES string of the molecule is CCCN(CC#Cc1ccccc1)C(=O)C(=O)Nc1cc(C)on1. The van der Waals surface area contributed by atoms with Gasteiger partial charge in [-0.1, -0.05) is 42.1 Å². The molecule has 6 nitrogen and oxygen atoms in total. The zero-order valence-electron chi connectivity index (χ0n) is 13.7. The van der Waals surface area contributed by atoms with E-state index in [0.29, 0.717) is 12.3 Å². The molecule has 1 aromatic heterocycles. The lowest BCUT2D eigenvalue weighted by Crippen LogP contribution is -2.40. The number of nitrogens with zero attached hydrogens (tertiary/aromatic N) is 2. The van der Waals surface area contributed by atoms with Crippen LogP contribution in [0.4, 0.5) is 5.82 Å². The van der Waals surface area contributed by atoms with Gasteiger partial charge in [-0.25, -0.2) is 0 Å². The van der Waals surface area contributed by atoms with E-state index in [0.717, 1.165) is 12.0 Å². The minimum Gasteiger partial charge on any atom is -0.360 e. The Hall–Kier alpha value is -3.07. The van der Waals surface area contributed by atoms with Crippen molar-refractivity contribution >= 4 is 17.6 Å². The third-order valence-corrected chi connectivity index (χ3v) is 3.12.